The number of hydrogen-bond acceptors (Lipinski definition) is 8. The molecule has 0 unspecified atom stereocenters. The molecule has 214 valence electrons. The molecule has 0 amide bonds. The summed E-state index contributed by atoms with van der Waals surface area (Å²) in [6.45, 7) is 3.90. The second kappa shape index (κ2) is 11.5. The summed E-state index contributed by atoms with van der Waals surface area (Å²) in [5, 5.41) is 0.460. The van der Waals surface area contributed by atoms with Gasteiger partial charge in [0.2, 0.25) is 6.79 Å². The third-order valence-corrected chi connectivity index (χ3v) is 8.01. The van der Waals surface area contributed by atoms with Crippen molar-refractivity contribution in [3.8, 4) is 17.2 Å². The van der Waals surface area contributed by atoms with Crippen molar-refractivity contribution in [3.63, 3.8) is 0 Å². The van der Waals surface area contributed by atoms with Crippen LogP contribution >= 0.6 is 22.9 Å². The SMILES string of the molecule is CCOC(=O)C1=C(C)N=c2s/c(=C\c3cc(Cl)ccc3OCc3ccc(F)cc3)c(=O)n2[C@H]1c1ccc2c(c1)OCO2. The summed E-state index contributed by atoms with van der Waals surface area (Å²) in [6, 6.07) is 15.6. The van der Waals surface area contributed by atoms with Crippen molar-refractivity contribution in [2.45, 2.75) is 26.5 Å². The summed E-state index contributed by atoms with van der Waals surface area (Å²) in [5.41, 5.74) is 2.38. The Labute approximate surface area is 248 Å². The molecule has 0 fully saturated rings. The standard InChI is InChI=1S/C31H24ClFN2O6S/c1-3-38-30(37)27-17(2)34-31-35(28(27)19-6-10-24-25(13-19)41-16-40-24)29(36)26(42-31)14-20-12-21(32)7-11-23(20)39-15-18-4-8-22(33)9-5-18/h4-14,28H,3,15-16H2,1-2H3/b26-14-/t28-/m0/s1. The number of hydrogen-bond donors (Lipinski definition) is 0. The average Bonchev–Trinajstić information content (AvgIpc) is 3.56. The van der Waals surface area contributed by atoms with E-state index in [2.05, 4.69) is 4.99 Å². The number of thiazole rings is 1. The van der Waals surface area contributed by atoms with Crippen LogP contribution in [0.1, 0.15) is 36.6 Å². The summed E-state index contributed by atoms with van der Waals surface area (Å²) < 4.78 is 37.6. The first kappa shape index (κ1) is 27.7. The highest BCUT2D eigenvalue weighted by molar-refractivity contribution is 7.07. The van der Waals surface area contributed by atoms with Crippen LogP contribution in [-0.2, 0) is 16.1 Å². The second-order valence-corrected chi connectivity index (χ2v) is 11.0. The summed E-state index contributed by atoms with van der Waals surface area (Å²) >= 11 is 7.50. The molecule has 2 aliphatic heterocycles. The molecule has 2 aliphatic rings. The lowest BCUT2D eigenvalue weighted by atomic mass is 9.95. The minimum atomic E-state index is -0.800. The van der Waals surface area contributed by atoms with Crippen molar-refractivity contribution >= 4 is 35.0 Å². The van der Waals surface area contributed by atoms with E-state index in [1.54, 1.807) is 68.5 Å². The number of aromatic nitrogens is 1. The Bertz CT molecular complexity index is 1910. The molecule has 6 rings (SSSR count). The van der Waals surface area contributed by atoms with Crippen LogP contribution in [0.15, 0.2) is 81.7 Å². The minimum Gasteiger partial charge on any atom is -0.488 e. The first-order valence-corrected chi connectivity index (χ1v) is 14.3. The van der Waals surface area contributed by atoms with E-state index in [0.29, 0.717) is 48.4 Å². The third kappa shape index (κ3) is 5.31. The van der Waals surface area contributed by atoms with Gasteiger partial charge in [-0.1, -0.05) is 41.1 Å². The molecule has 0 bridgehead atoms. The number of carbonyl (C=O) groups excluding carboxylic acids is 1. The molecule has 4 aromatic rings. The van der Waals surface area contributed by atoms with Crippen LogP contribution in [0.4, 0.5) is 4.39 Å². The lowest BCUT2D eigenvalue weighted by molar-refractivity contribution is -0.139. The lowest BCUT2D eigenvalue weighted by Crippen LogP contribution is -2.39. The van der Waals surface area contributed by atoms with Crippen molar-refractivity contribution < 1.29 is 28.1 Å². The summed E-state index contributed by atoms with van der Waals surface area (Å²) in [7, 11) is 0. The molecule has 1 aromatic heterocycles. The Morgan fingerprint density at radius 2 is 1.93 bits per heavy atom. The first-order chi connectivity index (χ1) is 20.3. The highest BCUT2D eigenvalue weighted by atomic mass is 35.5. The van der Waals surface area contributed by atoms with Crippen molar-refractivity contribution in [1.29, 1.82) is 0 Å². The second-order valence-electron chi connectivity index (χ2n) is 9.51. The summed E-state index contributed by atoms with van der Waals surface area (Å²) in [5.74, 6) is 0.710. The van der Waals surface area contributed by atoms with E-state index in [1.807, 2.05) is 0 Å². The number of halogens is 2. The molecule has 3 heterocycles. The number of carbonyl (C=O) groups is 1. The van der Waals surface area contributed by atoms with Crippen molar-refractivity contribution in [3.05, 3.63) is 119 Å². The normalized spacial score (nSPS) is 15.8. The largest absolute Gasteiger partial charge is 0.488 e. The Morgan fingerprint density at radius 1 is 1.14 bits per heavy atom. The van der Waals surface area contributed by atoms with Gasteiger partial charge in [-0.2, -0.15) is 0 Å². The number of ether oxygens (including phenoxy) is 4. The fourth-order valence-electron chi connectivity index (χ4n) is 4.84. The maximum Gasteiger partial charge on any atom is 0.338 e. The molecule has 11 heteroatoms. The number of rotatable bonds is 7. The molecule has 0 radical (unpaired) electrons. The van der Waals surface area contributed by atoms with Gasteiger partial charge in [-0.25, -0.2) is 14.2 Å². The first-order valence-electron chi connectivity index (χ1n) is 13.1. The van der Waals surface area contributed by atoms with Crippen LogP contribution in [-0.4, -0.2) is 23.9 Å². The van der Waals surface area contributed by atoms with Gasteiger partial charge in [0.05, 0.1) is 28.5 Å². The average molecular weight is 607 g/mol. The maximum atomic E-state index is 14.0. The van der Waals surface area contributed by atoms with Gasteiger partial charge in [0.15, 0.2) is 16.3 Å². The van der Waals surface area contributed by atoms with Crippen molar-refractivity contribution in [2.24, 2.45) is 4.99 Å². The van der Waals surface area contributed by atoms with Gasteiger partial charge >= 0.3 is 5.97 Å². The quantitative estimate of drug-likeness (QED) is 0.278. The van der Waals surface area contributed by atoms with Gasteiger partial charge in [0, 0.05) is 10.6 Å². The van der Waals surface area contributed by atoms with Crippen LogP contribution in [0.3, 0.4) is 0 Å². The zero-order valence-electron chi connectivity index (χ0n) is 22.6. The molecular formula is C31H24ClFN2O6S. The Hall–Kier alpha value is -4.41. The highest BCUT2D eigenvalue weighted by Crippen LogP contribution is 2.38. The molecular weight excluding hydrogens is 583 g/mol. The predicted molar refractivity (Wildman–Crippen MR) is 155 cm³/mol. The van der Waals surface area contributed by atoms with E-state index in [9.17, 15) is 14.0 Å². The van der Waals surface area contributed by atoms with Gasteiger partial charge in [-0.15, -0.1) is 0 Å². The number of allylic oxidation sites excluding steroid dienone is 1. The van der Waals surface area contributed by atoms with E-state index in [4.69, 9.17) is 30.5 Å². The molecule has 0 saturated heterocycles. The topological polar surface area (TPSA) is 88.4 Å². The molecule has 0 aliphatic carbocycles. The van der Waals surface area contributed by atoms with Crippen LogP contribution in [0.2, 0.25) is 5.02 Å². The van der Waals surface area contributed by atoms with E-state index < -0.39 is 12.0 Å². The van der Waals surface area contributed by atoms with Gasteiger partial charge in [-0.05, 0) is 73.5 Å². The van der Waals surface area contributed by atoms with Crippen LogP contribution in [0.25, 0.3) is 6.08 Å². The number of fused-ring (bicyclic) bond motifs is 2. The van der Waals surface area contributed by atoms with E-state index in [-0.39, 0.29) is 37.0 Å². The zero-order chi connectivity index (χ0) is 29.4. The van der Waals surface area contributed by atoms with Crippen LogP contribution < -0.4 is 29.1 Å². The molecule has 8 nitrogen and oxygen atoms in total. The monoisotopic (exact) mass is 606 g/mol. The third-order valence-electron chi connectivity index (χ3n) is 6.80. The maximum absolute atomic E-state index is 14.0. The summed E-state index contributed by atoms with van der Waals surface area (Å²) in [6.07, 6.45) is 1.69. The lowest BCUT2D eigenvalue weighted by Gasteiger charge is -2.24. The van der Waals surface area contributed by atoms with E-state index in [0.717, 1.165) is 5.56 Å². The van der Waals surface area contributed by atoms with Crippen molar-refractivity contribution in [1.82, 2.24) is 4.57 Å². The Morgan fingerprint density at radius 3 is 2.71 bits per heavy atom. The Balaban J connectivity index is 1.45. The van der Waals surface area contributed by atoms with Gasteiger partial charge < -0.3 is 18.9 Å². The Kier molecular flexibility index (Phi) is 7.57. The number of esters is 1. The van der Waals surface area contributed by atoms with Gasteiger partial charge in [0.1, 0.15) is 18.2 Å². The number of benzene rings is 3. The molecule has 0 N–H and O–H groups in total. The van der Waals surface area contributed by atoms with Crippen LogP contribution in [0, 0.1) is 5.82 Å². The summed E-state index contributed by atoms with van der Waals surface area (Å²) in [4.78, 5) is 32.2. The smallest absolute Gasteiger partial charge is 0.338 e. The molecule has 1 atom stereocenters. The van der Waals surface area contributed by atoms with Gasteiger partial charge in [0.25, 0.3) is 5.56 Å². The van der Waals surface area contributed by atoms with Crippen molar-refractivity contribution in [2.75, 3.05) is 13.4 Å². The fraction of sp³-hybridized carbons (Fsp3) is 0.194. The van der Waals surface area contributed by atoms with E-state index >= 15 is 0 Å². The van der Waals surface area contributed by atoms with E-state index in [1.165, 1.54) is 28.0 Å². The highest BCUT2D eigenvalue weighted by Gasteiger charge is 2.34. The fourth-order valence-corrected chi connectivity index (χ4v) is 6.05. The molecule has 0 saturated carbocycles. The van der Waals surface area contributed by atoms with Gasteiger partial charge in [-0.3, -0.25) is 9.36 Å². The number of nitrogens with zero attached hydrogens (tertiary/aromatic N) is 2. The zero-order valence-corrected chi connectivity index (χ0v) is 24.1. The molecule has 3 aromatic carbocycles. The molecule has 0 spiro atoms. The minimum absolute atomic E-state index is 0.0896. The van der Waals surface area contributed by atoms with Crippen LogP contribution in [0.5, 0.6) is 17.2 Å². The predicted octanol–water partition coefficient (Wildman–Crippen LogP) is 4.90. The molecule has 42 heavy (non-hydrogen) atoms.